The van der Waals surface area contributed by atoms with Gasteiger partial charge in [-0.15, -0.1) is 0 Å². The van der Waals surface area contributed by atoms with Crippen LogP contribution in [0.4, 0.5) is 14.5 Å². The van der Waals surface area contributed by atoms with Crippen LogP contribution in [-0.2, 0) is 0 Å². The van der Waals surface area contributed by atoms with E-state index in [0.29, 0.717) is 44.9 Å². The van der Waals surface area contributed by atoms with E-state index in [1.165, 1.54) is 30.7 Å². The van der Waals surface area contributed by atoms with Crippen LogP contribution in [0.5, 0.6) is 0 Å². The fourth-order valence-electron chi connectivity index (χ4n) is 3.82. The van der Waals surface area contributed by atoms with E-state index in [0.717, 1.165) is 5.56 Å². The fourth-order valence-corrected chi connectivity index (χ4v) is 3.82. The predicted molar refractivity (Wildman–Crippen MR) is 120 cm³/mol. The van der Waals surface area contributed by atoms with Crippen LogP contribution in [0.3, 0.4) is 0 Å². The molecule has 6 rings (SSSR count). The number of anilines is 1. The van der Waals surface area contributed by atoms with Crippen LogP contribution in [0.2, 0.25) is 0 Å². The average Bonchev–Trinajstić information content (AvgIpc) is 3.44. The molecule has 0 aliphatic carbocycles. The summed E-state index contributed by atoms with van der Waals surface area (Å²) in [5, 5.41) is 7.32. The first-order valence-corrected chi connectivity index (χ1v) is 9.92. The fraction of sp³-hybridized carbons (Fsp3) is 0. The van der Waals surface area contributed by atoms with Crippen LogP contribution < -0.4 is 5.73 Å². The maximum atomic E-state index is 15.6. The monoisotopic (exact) mass is 440 g/mol. The highest BCUT2D eigenvalue weighted by Gasteiger charge is 2.21. The van der Waals surface area contributed by atoms with E-state index in [-0.39, 0.29) is 16.9 Å². The molecule has 0 spiro atoms. The third-order valence-corrected chi connectivity index (χ3v) is 5.35. The lowest BCUT2D eigenvalue weighted by molar-refractivity contribution is 0.628. The van der Waals surface area contributed by atoms with Crippen molar-refractivity contribution >= 4 is 27.6 Å². The van der Waals surface area contributed by atoms with Gasteiger partial charge in [-0.05, 0) is 23.8 Å². The molecule has 8 nitrogen and oxygen atoms in total. The van der Waals surface area contributed by atoms with Gasteiger partial charge in [0.05, 0.1) is 40.0 Å². The molecule has 160 valence electrons. The quantitative estimate of drug-likeness (QED) is 0.373. The Morgan fingerprint density at radius 1 is 0.818 bits per heavy atom. The van der Waals surface area contributed by atoms with Gasteiger partial charge in [0, 0.05) is 29.7 Å². The minimum Gasteiger partial charge on any atom is -0.397 e. The number of nitrogens with one attached hydrogen (secondary N) is 2. The topological polar surface area (TPSA) is 122 Å². The highest BCUT2D eigenvalue weighted by atomic mass is 19.1. The number of aromatic nitrogens is 7. The second kappa shape index (κ2) is 7.16. The third-order valence-electron chi connectivity index (χ3n) is 5.35. The molecule has 0 amide bonds. The first-order valence-electron chi connectivity index (χ1n) is 9.92. The summed E-state index contributed by atoms with van der Waals surface area (Å²) < 4.78 is 29.0. The molecule has 0 aliphatic heterocycles. The molecule has 0 saturated heterocycles. The van der Waals surface area contributed by atoms with Gasteiger partial charge in [0.15, 0.2) is 11.6 Å². The summed E-state index contributed by atoms with van der Waals surface area (Å²) in [7, 11) is 0. The predicted octanol–water partition coefficient (Wildman–Crippen LogP) is 4.49. The SMILES string of the molecule is Nc1cncc(-c2ncc3[nH]nc(-c4nc5c(-c6ccc(F)cc6)cncc5[nH]4)c3c2F)c1. The second-order valence-electron chi connectivity index (χ2n) is 7.46. The van der Waals surface area contributed by atoms with E-state index in [4.69, 9.17) is 5.73 Å². The minimum atomic E-state index is -0.569. The molecule has 0 aliphatic rings. The molecule has 33 heavy (non-hydrogen) atoms. The average molecular weight is 440 g/mol. The zero-order valence-electron chi connectivity index (χ0n) is 16.8. The van der Waals surface area contributed by atoms with Gasteiger partial charge >= 0.3 is 0 Å². The number of halogens is 2. The summed E-state index contributed by atoms with van der Waals surface area (Å²) in [4.78, 5) is 20.3. The molecule has 0 radical (unpaired) electrons. The number of fused-ring (bicyclic) bond motifs is 2. The molecule has 5 heterocycles. The van der Waals surface area contributed by atoms with Gasteiger partial charge in [0.25, 0.3) is 0 Å². The van der Waals surface area contributed by atoms with E-state index < -0.39 is 5.82 Å². The van der Waals surface area contributed by atoms with Gasteiger partial charge in [-0.2, -0.15) is 5.10 Å². The Morgan fingerprint density at radius 2 is 1.64 bits per heavy atom. The summed E-state index contributed by atoms with van der Waals surface area (Å²) in [6.45, 7) is 0. The molecule has 0 saturated carbocycles. The number of hydrogen-bond donors (Lipinski definition) is 3. The van der Waals surface area contributed by atoms with Crippen molar-refractivity contribution in [3.8, 4) is 33.9 Å². The number of nitrogen functional groups attached to an aromatic ring is 1. The number of imidazole rings is 1. The maximum Gasteiger partial charge on any atom is 0.161 e. The van der Waals surface area contributed by atoms with Crippen LogP contribution in [0, 0.1) is 11.6 Å². The first-order chi connectivity index (χ1) is 16.1. The van der Waals surface area contributed by atoms with E-state index in [1.54, 1.807) is 30.6 Å². The minimum absolute atomic E-state index is 0.106. The van der Waals surface area contributed by atoms with Crippen LogP contribution in [0.25, 0.3) is 55.8 Å². The summed E-state index contributed by atoms with van der Waals surface area (Å²) in [6.07, 6.45) is 7.74. The second-order valence-corrected chi connectivity index (χ2v) is 7.46. The van der Waals surface area contributed by atoms with Gasteiger partial charge < -0.3 is 10.7 Å². The van der Waals surface area contributed by atoms with Gasteiger partial charge in [0.2, 0.25) is 0 Å². The van der Waals surface area contributed by atoms with Crippen molar-refractivity contribution in [3.63, 3.8) is 0 Å². The molecule has 6 aromatic rings. The van der Waals surface area contributed by atoms with Crippen molar-refractivity contribution in [3.05, 3.63) is 73.0 Å². The van der Waals surface area contributed by atoms with Crippen molar-refractivity contribution in [2.24, 2.45) is 0 Å². The van der Waals surface area contributed by atoms with Gasteiger partial charge in [-0.3, -0.25) is 20.1 Å². The third kappa shape index (κ3) is 3.07. The van der Waals surface area contributed by atoms with Gasteiger partial charge in [0.1, 0.15) is 17.2 Å². The number of rotatable bonds is 3. The number of benzene rings is 1. The highest BCUT2D eigenvalue weighted by molar-refractivity contribution is 5.97. The Bertz CT molecular complexity index is 1650. The highest BCUT2D eigenvalue weighted by Crippen LogP contribution is 2.34. The molecule has 10 heteroatoms. The lowest BCUT2D eigenvalue weighted by Crippen LogP contribution is -1.94. The summed E-state index contributed by atoms with van der Waals surface area (Å²) in [5.41, 5.74) is 10.2. The molecule has 0 atom stereocenters. The Labute approximate surface area is 184 Å². The molecule has 5 aromatic heterocycles. The van der Waals surface area contributed by atoms with Crippen molar-refractivity contribution in [1.82, 2.24) is 35.1 Å². The normalized spacial score (nSPS) is 11.5. The summed E-state index contributed by atoms with van der Waals surface area (Å²) >= 11 is 0. The lowest BCUT2D eigenvalue weighted by atomic mass is 10.1. The van der Waals surface area contributed by atoms with Crippen molar-refractivity contribution in [1.29, 1.82) is 0 Å². The van der Waals surface area contributed by atoms with Gasteiger partial charge in [-0.25, -0.2) is 13.8 Å². The first kappa shape index (κ1) is 19.0. The number of H-pyrrole nitrogens is 2. The molecule has 4 N–H and O–H groups in total. The number of hydrogen-bond acceptors (Lipinski definition) is 6. The van der Waals surface area contributed by atoms with Crippen molar-refractivity contribution in [2.75, 3.05) is 5.73 Å². The van der Waals surface area contributed by atoms with E-state index in [1.807, 2.05) is 0 Å². The number of aromatic amines is 2. The largest absolute Gasteiger partial charge is 0.397 e. The Morgan fingerprint density at radius 3 is 2.45 bits per heavy atom. The smallest absolute Gasteiger partial charge is 0.161 e. The Kier molecular flexibility index (Phi) is 4.12. The van der Waals surface area contributed by atoms with Crippen LogP contribution >= 0.6 is 0 Å². The number of pyridine rings is 3. The summed E-state index contributed by atoms with van der Waals surface area (Å²) in [6, 6.07) is 7.66. The molecular weight excluding hydrogens is 426 g/mol. The van der Waals surface area contributed by atoms with Crippen LogP contribution in [0.1, 0.15) is 0 Å². The van der Waals surface area contributed by atoms with E-state index in [9.17, 15) is 4.39 Å². The Hall–Kier alpha value is -4.73. The molecule has 0 fully saturated rings. The van der Waals surface area contributed by atoms with Crippen molar-refractivity contribution in [2.45, 2.75) is 0 Å². The molecule has 0 bridgehead atoms. The zero-order chi connectivity index (χ0) is 22.5. The molecule has 1 aromatic carbocycles. The van der Waals surface area contributed by atoms with Gasteiger partial charge in [-0.1, -0.05) is 12.1 Å². The molecular formula is C23H14F2N8. The lowest BCUT2D eigenvalue weighted by Gasteiger charge is -2.04. The number of nitrogens with zero attached hydrogens (tertiary/aromatic N) is 5. The van der Waals surface area contributed by atoms with E-state index >= 15 is 4.39 Å². The van der Waals surface area contributed by atoms with E-state index in [2.05, 4.69) is 35.1 Å². The van der Waals surface area contributed by atoms with Crippen LogP contribution in [0.15, 0.2) is 61.3 Å². The van der Waals surface area contributed by atoms with Crippen molar-refractivity contribution < 1.29 is 8.78 Å². The number of nitrogens with two attached hydrogens (primary N) is 1. The van der Waals surface area contributed by atoms with Crippen LogP contribution in [-0.4, -0.2) is 35.1 Å². The Balaban J connectivity index is 1.54. The maximum absolute atomic E-state index is 15.6. The standard InChI is InChI=1S/C23H14F2N8/c24-13-3-1-11(2-4-13)15-8-28-9-17-21(15)31-23(30-17)22-18-16(32-33-22)10-29-20(19(18)25)12-5-14(26)7-27-6-12/h1-10H,26H2,(H,30,31)(H,32,33). The molecule has 0 unspecified atom stereocenters. The zero-order valence-corrected chi connectivity index (χ0v) is 16.8. The summed E-state index contributed by atoms with van der Waals surface area (Å²) in [5.74, 6) is -0.546.